The second kappa shape index (κ2) is 12.3. The molecule has 0 aliphatic carbocycles. The Kier molecular flexibility index (Phi) is 8.70. The number of anilines is 1. The van der Waals surface area contributed by atoms with Crippen LogP contribution >= 0.6 is 0 Å². The van der Waals surface area contributed by atoms with E-state index in [9.17, 15) is 4.79 Å². The van der Waals surface area contributed by atoms with Crippen LogP contribution in [0.25, 0.3) is 0 Å². The van der Waals surface area contributed by atoms with Gasteiger partial charge in [-0.05, 0) is 57.2 Å². The van der Waals surface area contributed by atoms with Crippen LogP contribution in [0.3, 0.4) is 0 Å². The Labute approximate surface area is 207 Å². The maximum Gasteiger partial charge on any atom is 0.222 e. The first-order chi connectivity index (χ1) is 17.1. The van der Waals surface area contributed by atoms with Crippen LogP contribution in [-0.4, -0.2) is 51.2 Å². The molecule has 1 amide bonds. The highest BCUT2D eigenvalue weighted by Crippen LogP contribution is 2.26. The molecular weight excluding hydrogens is 440 g/mol. The van der Waals surface area contributed by atoms with Gasteiger partial charge in [-0.25, -0.2) is 15.0 Å². The number of hydrogen-bond acceptors (Lipinski definition) is 6. The van der Waals surface area contributed by atoms with Crippen LogP contribution in [0.5, 0.6) is 5.75 Å². The maximum absolute atomic E-state index is 12.8. The van der Waals surface area contributed by atoms with Gasteiger partial charge in [0, 0.05) is 62.7 Å². The number of aryl methyl sites for hydroxylation is 3. The van der Waals surface area contributed by atoms with E-state index >= 15 is 0 Å². The SMILES string of the molecule is CCOc1ccc(CCNC(=O)CC2CCCCN2c2cc(C)nc(CCn3ccnc3)n2)cc1. The molecule has 8 nitrogen and oxygen atoms in total. The molecule has 1 atom stereocenters. The molecule has 35 heavy (non-hydrogen) atoms. The van der Waals surface area contributed by atoms with Gasteiger partial charge in [-0.1, -0.05) is 12.1 Å². The second-order valence-corrected chi connectivity index (χ2v) is 9.06. The van der Waals surface area contributed by atoms with E-state index in [1.807, 2.05) is 49.1 Å². The molecule has 2 aromatic heterocycles. The van der Waals surface area contributed by atoms with Crippen molar-refractivity contribution in [1.29, 1.82) is 0 Å². The molecule has 1 aromatic carbocycles. The molecule has 1 unspecified atom stereocenters. The van der Waals surface area contributed by atoms with Crippen molar-refractivity contribution in [2.75, 3.05) is 24.6 Å². The predicted octanol–water partition coefficient (Wildman–Crippen LogP) is 3.73. The molecule has 1 aliphatic rings. The minimum absolute atomic E-state index is 0.0962. The van der Waals surface area contributed by atoms with Gasteiger partial charge in [-0.3, -0.25) is 4.79 Å². The first-order valence-electron chi connectivity index (χ1n) is 12.7. The summed E-state index contributed by atoms with van der Waals surface area (Å²) in [6.45, 7) is 6.99. The monoisotopic (exact) mass is 476 g/mol. The van der Waals surface area contributed by atoms with Crippen molar-refractivity contribution in [1.82, 2.24) is 24.8 Å². The van der Waals surface area contributed by atoms with Crippen LogP contribution in [-0.2, 0) is 24.2 Å². The summed E-state index contributed by atoms with van der Waals surface area (Å²) in [6, 6.07) is 10.3. The summed E-state index contributed by atoms with van der Waals surface area (Å²) < 4.78 is 7.53. The van der Waals surface area contributed by atoms with Crippen molar-refractivity contribution in [3.63, 3.8) is 0 Å². The molecule has 3 aromatic rings. The lowest BCUT2D eigenvalue weighted by atomic mass is 9.98. The molecule has 8 heteroatoms. The summed E-state index contributed by atoms with van der Waals surface area (Å²) in [7, 11) is 0. The van der Waals surface area contributed by atoms with Crippen LogP contribution in [0.15, 0.2) is 49.1 Å². The Balaban J connectivity index is 1.32. The minimum atomic E-state index is 0.0962. The van der Waals surface area contributed by atoms with Crippen LogP contribution in [0.1, 0.15) is 49.7 Å². The summed E-state index contributed by atoms with van der Waals surface area (Å²) in [4.78, 5) is 28.7. The van der Waals surface area contributed by atoms with Gasteiger partial charge in [0.15, 0.2) is 0 Å². The summed E-state index contributed by atoms with van der Waals surface area (Å²) in [5, 5.41) is 3.11. The van der Waals surface area contributed by atoms with E-state index in [-0.39, 0.29) is 11.9 Å². The Hall–Kier alpha value is -3.42. The number of ether oxygens (including phenoxy) is 1. The van der Waals surface area contributed by atoms with E-state index in [1.54, 1.807) is 6.20 Å². The Morgan fingerprint density at radius 3 is 2.80 bits per heavy atom. The van der Waals surface area contributed by atoms with Crippen LogP contribution in [0, 0.1) is 6.92 Å². The topological polar surface area (TPSA) is 85.2 Å². The summed E-state index contributed by atoms with van der Waals surface area (Å²) in [5.74, 6) is 2.74. The molecule has 1 N–H and O–H groups in total. The number of rotatable bonds is 11. The third-order valence-electron chi connectivity index (χ3n) is 6.35. The molecule has 0 saturated carbocycles. The van der Waals surface area contributed by atoms with Gasteiger partial charge in [0.2, 0.25) is 5.91 Å². The van der Waals surface area contributed by atoms with E-state index in [2.05, 4.69) is 32.3 Å². The standard InChI is InChI=1S/C27H36N6O2/c1-3-35-24-9-7-22(8-10-24)11-13-29-27(34)19-23-6-4-5-15-33(23)26-18-21(2)30-25(31-26)12-16-32-17-14-28-20-32/h7-10,14,17-18,20,23H,3-6,11-13,15-16,19H2,1-2H3,(H,29,34). The van der Waals surface area contributed by atoms with Gasteiger partial charge in [0.25, 0.3) is 0 Å². The highest BCUT2D eigenvalue weighted by atomic mass is 16.5. The van der Waals surface area contributed by atoms with Gasteiger partial charge in [-0.2, -0.15) is 0 Å². The zero-order valence-corrected chi connectivity index (χ0v) is 20.8. The van der Waals surface area contributed by atoms with E-state index in [4.69, 9.17) is 9.72 Å². The van der Waals surface area contributed by atoms with E-state index in [1.165, 1.54) is 5.56 Å². The quantitative estimate of drug-likeness (QED) is 0.454. The summed E-state index contributed by atoms with van der Waals surface area (Å²) >= 11 is 0. The molecule has 3 heterocycles. The van der Waals surface area contributed by atoms with Crippen molar-refractivity contribution < 1.29 is 9.53 Å². The lowest BCUT2D eigenvalue weighted by molar-refractivity contribution is -0.121. The number of amides is 1. The maximum atomic E-state index is 12.8. The molecule has 1 fully saturated rings. The summed E-state index contributed by atoms with van der Waals surface area (Å²) in [5.41, 5.74) is 2.15. The van der Waals surface area contributed by atoms with Crippen LogP contribution in [0.2, 0.25) is 0 Å². The molecule has 1 saturated heterocycles. The zero-order valence-electron chi connectivity index (χ0n) is 20.8. The largest absolute Gasteiger partial charge is 0.494 e. The number of piperidine rings is 1. The third-order valence-corrected chi connectivity index (χ3v) is 6.35. The molecular formula is C27H36N6O2. The average molecular weight is 477 g/mol. The highest BCUT2D eigenvalue weighted by molar-refractivity contribution is 5.77. The normalized spacial score (nSPS) is 15.7. The smallest absolute Gasteiger partial charge is 0.222 e. The Morgan fingerprint density at radius 2 is 2.03 bits per heavy atom. The number of imidazole rings is 1. The van der Waals surface area contributed by atoms with Crippen molar-refractivity contribution >= 4 is 11.7 Å². The Bertz CT molecular complexity index is 1070. The number of benzene rings is 1. The fourth-order valence-electron chi connectivity index (χ4n) is 4.59. The van der Waals surface area contributed by atoms with Crippen molar-refractivity contribution in [3.05, 3.63) is 66.1 Å². The first kappa shape index (κ1) is 24.7. The first-order valence-corrected chi connectivity index (χ1v) is 12.7. The van der Waals surface area contributed by atoms with Gasteiger partial charge in [0.05, 0.1) is 12.9 Å². The predicted molar refractivity (Wildman–Crippen MR) is 137 cm³/mol. The van der Waals surface area contributed by atoms with Crippen LogP contribution < -0.4 is 15.0 Å². The number of hydrogen-bond donors (Lipinski definition) is 1. The van der Waals surface area contributed by atoms with E-state index in [0.717, 1.165) is 68.3 Å². The number of carbonyl (C=O) groups excluding carboxylic acids is 1. The molecule has 0 spiro atoms. The fraction of sp³-hybridized carbons (Fsp3) is 0.481. The van der Waals surface area contributed by atoms with Gasteiger partial charge >= 0.3 is 0 Å². The molecule has 4 rings (SSSR count). The van der Waals surface area contributed by atoms with E-state index < -0.39 is 0 Å². The molecule has 0 radical (unpaired) electrons. The zero-order chi connectivity index (χ0) is 24.5. The van der Waals surface area contributed by atoms with Gasteiger partial charge in [0.1, 0.15) is 17.4 Å². The van der Waals surface area contributed by atoms with Crippen molar-refractivity contribution in [2.24, 2.45) is 0 Å². The van der Waals surface area contributed by atoms with Crippen LogP contribution in [0.4, 0.5) is 5.82 Å². The van der Waals surface area contributed by atoms with Gasteiger partial charge in [-0.15, -0.1) is 0 Å². The van der Waals surface area contributed by atoms with Crippen molar-refractivity contribution in [2.45, 2.75) is 65.0 Å². The Morgan fingerprint density at radius 1 is 1.17 bits per heavy atom. The minimum Gasteiger partial charge on any atom is -0.494 e. The number of nitrogens with zero attached hydrogens (tertiary/aromatic N) is 5. The molecule has 0 bridgehead atoms. The lowest BCUT2D eigenvalue weighted by Gasteiger charge is -2.36. The average Bonchev–Trinajstić information content (AvgIpc) is 3.38. The number of carbonyl (C=O) groups is 1. The molecule has 186 valence electrons. The number of aromatic nitrogens is 4. The summed E-state index contributed by atoms with van der Waals surface area (Å²) in [6.07, 6.45) is 10.8. The fourth-order valence-corrected chi connectivity index (χ4v) is 4.59. The van der Waals surface area contributed by atoms with Crippen molar-refractivity contribution in [3.8, 4) is 5.75 Å². The number of nitrogens with one attached hydrogen (secondary N) is 1. The second-order valence-electron chi connectivity index (χ2n) is 9.06. The molecule has 1 aliphatic heterocycles. The van der Waals surface area contributed by atoms with E-state index in [0.29, 0.717) is 19.6 Å². The lowest BCUT2D eigenvalue weighted by Crippen LogP contribution is -2.43. The van der Waals surface area contributed by atoms with Gasteiger partial charge < -0.3 is 19.5 Å². The third kappa shape index (κ3) is 7.28. The highest BCUT2D eigenvalue weighted by Gasteiger charge is 2.26.